The average molecular weight is 352 g/mol. The first kappa shape index (κ1) is 16.3. The fourth-order valence-corrected chi connectivity index (χ4v) is 6.23. The highest BCUT2D eigenvalue weighted by Gasteiger charge is 2.55. The van der Waals surface area contributed by atoms with Crippen LogP contribution in [0.5, 0.6) is 5.75 Å². The molecule has 6 rings (SSSR count). The number of rotatable bonds is 3. The molecule has 1 N–H and O–H groups in total. The molecule has 1 aromatic carbocycles. The van der Waals surface area contributed by atoms with Gasteiger partial charge in [0.15, 0.2) is 0 Å². The van der Waals surface area contributed by atoms with Crippen LogP contribution in [0.4, 0.5) is 5.69 Å². The molecule has 26 heavy (non-hydrogen) atoms. The van der Waals surface area contributed by atoms with E-state index in [0.717, 1.165) is 73.5 Å². The number of esters is 1. The van der Waals surface area contributed by atoms with Gasteiger partial charge in [-0.1, -0.05) is 6.07 Å². The van der Waals surface area contributed by atoms with Crippen molar-refractivity contribution in [2.45, 2.75) is 58.3 Å². The Bertz CT molecular complexity index is 732. The summed E-state index contributed by atoms with van der Waals surface area (Å²) in [6, 6.07) is 5.93. The van der Waals surface area contributed by atoms with Crippen LogP contribution in [0, 0.1) is 30.1 Å². The summed E-state index contributed by atoms with van der Waals surface area (Å²) in [6.45, 7) is 2.93. The van der Waals surface area contributed by atoms with Gasteiger partial charge in [0.25, 0.3) is 0 Å². The van der Waals surface area contributed by atoms with E-state index < -0.39 is 0 Å². The Kier molecular flexibility index (Phi) is 3.84. The Hall–Kier alpha value is -1.84. The van der Waals surface area contributed by atoms with Gasteiger partial charge in [0, 0.05) is 24.2 Å². The van der Waals surface area contributed by atoms with Crippen LogP contribution in [0.25, 0.3) is 0 Å². The molecule has 0 spiro atoms. The molecule has 4 nitrogen and oxygen atoms in total. The zero-order valence-electron chi connectivity index (χ0n) is 15.6. The molecule has 0 atom stereocenters. The lowest BCUT2D eigenvalue weighted by molar-refractivity contribution is -0.161. The van der Waals surface area contributed by atoms with E-state index in [4.69, 9.17) is 4.74 Å². The molecule has 138 valence electrons. The fourth-order valence-electron chi connectivity index (χ4n) is 6.23. The lowest BCUT2D eigenvalue weighted by Crippen LogP contribution is -2.51. The molecule has 0 radical (unpaired) electrons. The minimum absolute atomic E-state index is 0.0232. The van der Waals surface area contributed by atoms with Gasteiger partial charge >= 0.3 is 5.97 Å². The van der Waals surface area contributed by atoms with Crippen molar-refractivity contribution in [1.29, 1.82) is 0 Å². The van der Waals surface area contributed by atoms with Crippen LogP contribution < -0.4 is 10.1 Å². The van der Waals surface area contributed by atoms with Crippen molar-refractivity contribution in [2.75, 3.05) is 11.9 Å². The largest absolute Gasteiger partial charge is 0.426 e. The first-order valence-electron chi connectivity index (χ1n) is 10.2. The Morgan fingerprint density at radius 3 is 2.46 bits per heavy atom. The third-order valence-electron chi connectivity index (χ3n) is 7.11. The summed E-state index contributed by atoms with van der Waals surface area (Å²) in [6.07, 6.45) is 9.27. The summed E-state index contributed by atoms with van der Waals surface area (Å²) < 4.78 is 6.02. The third-order valence-corrected chi connectivity index (χ3v) is 7.11. The molecule has 5 aliphatic rings. The normalized spacial score (nSPS) is 34.7. The smallest absolute Gasteiger partial charge is 0.317 e. The molecule has 4 bridgehead atoms. The number of hydrogen-bond donors (Lipinski definition) is 1. The molecular formula is C22H28N2O2. The van der Waals surface area contributed by atoms with E-state index in [9.17, 15) is 4.79 Å². The number of anilines is 1. The molecule has 1 aromatic rings. The van der Waals surface area contributed by atoms with Gasteiger partial charge in [-0.2, -0.15) is 0 Å². The van der Waals surface area contributed by atoms with Crippen molar-refractivity contribution < 1.29 is 9.53 Å². The minimum atomic E-state index is -0.208. The number of amidine groups is 1. The average Bonchev–Trinajstić information content (AvgIpc) is 3.10. The maximum Gasteiger partial charge on any atom is 0.317 e. The lowest BCUT2D eigenvalue weighted by atomic mass is 9.49. The van der Waals surface area contributed by atoms with Crippen LogP contribution in [0.2, 0.25) is 0 Å². The lowest BCUT2D eigenvalue weighted by Gasteiger charge is -2.55. The number of hydrogen-bond acceptors (Lipinski definition) is 4. The highest BCUT2D eigenvalue weighted by atomic mass is 16.5. The zero-order chi connectivity index (χ0) is 17.7. The van der Waals surface area contributed by atoms with Gasteiger partial charge in [0.1, 0.15) is 11.6 Å². The number of carbonyl (C=O) groups excluding carboxylic acids is 1. The van der Waals surface area contributed by atoms with E-state index in [-0.39, 0.29) is 11.4 Å². The molecule has 4 fully saturated rings. The number of ether oxygens (including phenoxy) is 1. The molecule has 0 amide bonds. The van der Waals surface area contributed by atoms with Crippen LogP contribution in [0.3, 0.4) is 0 Å². The highest BCUT2D eigenvalue weighted by Crippen LogP contribution is 2.60. The van der Waals surface area contributed by atoms with Gasteiger partial charge < -0.3 is 10.1 Å². The Morgan fingerprint density at radius 2 is 1.85 bits per heavy atom. The SMILES string of the molecule is Cc1c(NC2=NCCC2)cccc1OC(=O)C12CC3CC(CC(C3)C1)C2. The van der Waals surface area contributed by atoms with E-state index >= 15 is 0 Å². The van der Waals surface area contributed by atoms with Gasteiger partial charge in [-0.3, -0.25) is 9.79 Å². The van der Waals surface area contributed by atoms with E-state index in [0.29, 0.717) is 5.75 Å². The van der Waals surface area contributed by atoms with Crippen molar-refractivity contribution in [1.82, 2.24) is 0 Å². The molecule has 1 aliphatic heterocycles. The second kappa shape index (κ2) is 6.11. The maximum absolute atomic E-state index is 13.2. The molecule has 0 unspecified atom stereocenters. The van der Waals surface area contributed by atoms with Crippen LogP contribution in [-0.2, 0) is 4.79 Å². The van der Waals surface area contributed by atoms with Gasteiger partial charge in [0.05, 0.1) is 5.41 Å². The third kappa shape index (κ3) is 2.74. The first-order valence-corrected chi connectivity index (χ1v) is 10.2. The fraction of sp³-hybridized carbons (Fsp3) is 0.636. The van der Waals surface area contributed by atoms with Crippen LogP contribution in [-0.4, -0.2) is 18.3 Å². The molecule has 1 heterocycles. The standard InChI is InChI=1S/C22H28N2O2/c1-14-18(24-20-6-3-7-23-20)4-2-5-19(14)26-21(25)22-11-15-8-16(12-22)10-17(9-15)13-22/h2,4-5,15-17H,3,6-13H2,1H3,(H,23,24). The monoisotopic (exact) mass is 352 g/mol. The van der Waals surface area contributed by atoms with E-state index in [2.05, 4.69) is 10.3 Å². The second-order valence-corrected chi connectivity index (χ2v) is 9.07. The van der Waals surface area contributed by atoms with Crippen LogP contribution in [0.1, 0.15) is 56.9 Å². The maximum atomic E-state index is 13.2. The Morgan fingerprint density at radius 1 is 1.15 bits per heavy atom. The molecule has 4 aliphatic carbocycles. The number of nitrogens with zero attached hydrogens (tertiary/aromatic N) is 1. The van der Waals surface area contributed by atoms with Gasteiger partial charge in [-0.25, -0.2) is 0 Å². The second-order valence-electron chi connectivity index (χ2n) is 9.07. The Balaban J connectivity index is 1.35. The molecular weight excluding hydrogens is 324 g/mol. The van der Waals surface area contributed by atoms with Crippen molar-refractivity contribution in [3.8, 4) is 5.75 Å². The van der Waals surface area contributed by atoms with Gasteiger partial charge in [-0.15, -0.1) is 0 Å². The highest BCUT2D eigenvalue weighted by molar-refractivity contribution is 5.97. The number of aliphatic imine (C=N–C) groups is 1. The minimum Gasteiger partial charge on any atom is -0.426 e. The van der Waals surface area contributed by atoms with Crippen molar-refractivity contribution in [3.63, 3.8) is 0 Å². The van der Waals surface area contributed by atoms with E-state index in [1.54, 1.807) is 0 Å². The first-order chi connectivity index (χ1) is 12.6. The quantitative estimate of drug-likeness (QED) is 0.632. The molecule has 4 heteroatoms. The van der Waals surface area contributed by atoms with Crippen LogP contribution >= 0.6 is 0 Å². The van der Waals surface area contributed by atoms with Gasteiger partial charge in [0.2, 0.25) is 0 Å². The van der Waals surface area contributed by atoms with Crippen molar-refractivity contribution in [2.24, 2.45) is 28.2 Å². The van der Waals surface area contributed by atoms with Crippen molar-refractivity contribution >= 4 is 17.5 Å². The summed E-state index contributed by atoms with van der Waals surface area (Å²) in [7, 11) is 0. The van der Waals surface area contributed by atoms with E-state index in [1.807, 2.05) is 25.1 Å². The van der Waals surface area contributed by atoms with Crippen LogP contribution in [0.15, 0.2) is 23.2 Å². The number of nitrogens with one attached hydrogen (secondary N) is 1. The predicted molar refractivity (Wildman–Crippen MR) is 103 cm³/mol. The summed E-state index contributed by atoms with van der Waals surface area (Å²) >= 11 is 0. The summed E-state index contributed by atoms with van der Waals surface area (Å²) in [5.41, 5.74) is 1.79. The van der Waals surface area contributed by atoms with E-state index in [1.165, 1.54) is 19.3 Å². The molecule has 4 saturated carbocycles. The topological polar surface area (TPSA) is 50.7 Å². The predicted octanol–water partition coefficient (Wildman–Crippen LogP) is 4.72. The zero-order valence-corrected chi connectivity index (χ0v) is 15.6. The van der Waals surface area contributed by atoms with Gasteiger partial charge in [-0.05, 0) is 81.8 Å². The molecule has 0 saturated heterocycles. The van der Waals surface area contributed by atoms with Crippen molar-refractivity contribution in [3.05, 3.63) is 23.8 Å². The number of carbonyl (C=O) groups is 1. The molecule has 0 aromatic heterocycles. The summed E-state index contributed by atoms with van der Waals surface area (Å²) in [5, 5.41) is 3.42. The Labute approximate surface area is 155 Å². The summed E-state index contributed by atoms with van der Waals surface area (Å²) in [4.78, 5) is 17.7. The summed E-state index contributed by atoms with van der Waals surface area (Å²) in [5.74, 6) is 4.02. The number of benzene rings is 1.